The third-order valence-corrected chi connectivity index (χ3v) is 4.79. The smallest absolute Gasteiger partial charge is 0.412 e. The summed E-state index contributed by atoms with van der Waals surface area (Å²) >= 11 is 0. The molecule has 0 radical (unpaired) electrons. The molecular weight excluding hydrogens is 483 g/mol. The number of carbonyl (C=O) groups is 2. The van der Waals surface area contributed by atoms with Crippen molar-refractivity contribution in [3.63, 3.8) is 0 Å². The molecule has 0 aromatic heterocycles. The molecule has 0 rings (SSSR count). The first-order chi connectivity index (χ1) is 14.4. The highest BCUT2D eigenvalue weighted by Gasteiger charge is 2.66. The van der Waals surface area contributed by atoms with Crippen LogP contribution in [0.5, 0.6) is 0 Å². The normalized spacial score (nSPS) is 15.0. The number of hydrogen-bond acceptors (Lipinski definition) is 6. The number of unbranched alkanes of at least 4 members (excludes halogenated alkanes) is 2. The van der Waals surface area contributed by atoms with E-state index in [0.29, 0.717) is 12.5 Å². The van der Waals surface area contributed by atoms with E-state index in [2.05, 4.69) is 16.1 Å². The molecule has 1 atom stereocenters. The number of hydrogen-bond donors (Lipinski definition) is 2. The van der Waals surface area contributed by atoms with Crippen LogP contribution in [0.1, 0.15) is 39.0 Å². The predicted octanol–water partition coefficient (Wildman–Crippen LogP) is 3.19. The molecule has 1 unspecified atom stereocenters. The Bertz CT molecular complexity index is 771. The van der Waals surface area contributed by atoms with Gasteiger partial charge in [-0.3, -0.25) is 9.35 Å². The van der Waals surface area contributed by atoms with Crippen molar-refractivity contribution in [3.05, 3.63) is 12.7 Å². The van der Waals surface area contributed by atoms with Gasteiger partial charge in [0, 0.05) is 19.0 Å². The maximum absolute atomic E-state index is 13.6. The summed E-state index contributed by atoms with van der Waals surface area (Å²) in [5, 5.41) is -3.98. The zero-order chi connectivity index (χ0) is 25.4. The van der Waals surface area contributed by atoms with E-state index < -0.39 is 71.0 Å². The van der Waals surface area contributed by atoms with Crippen molar-refractivity contribution in [1.82, 2.24) is 5.32 Å². The number of esters is 1. The molecule has 0 saturated heterocycles. The van der Waals surface area contributed by atoms with E-state index in [0.717, 1.165) is 0 Å². The molecule has 0 aliphatic heterocycles. The lowest BCUT2D eigenvalue weighted by Crippen LogP contribution is -2.61. The second kappa shape index (κ2) is 11.3. The summed E-state index contributed by atoms with van der Waals surface area (Å²) in [7, 11) is -6.47. The van der Waals surface area contributed by atoms with Crippen molar-refractivity contribution < 1.29 is 62.8 Å². The summed E-state index contributed by atoms with van der Waals surface area (Å²) in [6.07, 6.45) is -8.29. The standard InChI is InChI=1S/C16H22F7NO7S/c1-3-5-9-24-12(26)14(15(19,20)21,31-11(25)4-2)30-10-7-6-8-13(17,18)16(22,23)32(27,28)29/h4H,2-3,5-10H2,1H3,(H,24,26)(H,27,28,29). The van der Waals surface area contributed by atoms with Gasteiger partial charge in [-0.2, -0.15) is 39.2 Å². The molecule has 2 N–H and O–H groups in total. The Morgan fingerprint density at radius 2 is 1.62 bits per heavy atom. The Hall–Kier alpha value is -1.94. The molecule has 0 heterocycles. The van der Waals surface area contributed by atoms with E-state index >= 15 is 0 Å². The van der Waals surface area contributed by atoms with Crippen molar-refractivity contribution in [2.75, 3.05) is 13.2 Å². The molecule has 0 aromatic rings. The molecule has 0 aliphatic rings. The molecule has 0 aliphatic carbocycles. The number of halogens is 7. The average Bonchev–Trinajstić information content (AvgIpc) is 2.64. The summed E-state index contributed by atoms with van der Waals surface area (Å²) in [5.74, 6) is -13.1. The zero-order valence-corrected chi connectivity index (χ0v) is 17.5. The third-order valence-electron chi connectivity index (χ3n) is 3.84. The quantitative estimate of drug-likeness (QED) is 0.0930. The van der Waals surface area contributed by atoms with Gasteiger partial charge in [-0.25, -0.2) is 4.79 Å². The number of amides is 1. The van der Waals surface area contributed by atoms with Crippen LogP contribution >= 0.6 is 0 Å². The summed E-state index contributed by atoms with van der Waals surface area (Å²) in [5.41, 5.74) is 0. The van der Waals surface area contributed by atoms with Gasteiger partial charge in [0.05, 0.1) is 6.61 Å². The molecular formula is C16H22F7NO7S. The lowest BCUT2D eigenvalue weighted by atomic mass is 10.1. The predicted molar refractivity (Wildman–Crippen MR) is 94.2 cm³/mol. The minimum absolute atomic E-state index is 0.251. The Labute approximate surface area is 178 Å². The van der Waals surface area contributed by atoms with Gasteiger partial charge in [-0.05, 0) is 19.3 Å². The van der Waals surface area contributed by atoms with Gasteiger partial charge in [0.2, 0.25) is 0 Å². The van der Waals surface area contributed by atoms with Crippen LogP contribution in [0.3, 0.4) is 0 Å². The van der Waals surface area contributed by atoms with Crippen molar-refractivity contribution in [2.45, 2.75) is 62.2 Å². The molecule has 0 aromatic carbocycles. The Morgan fingerprint density at radius 3 is 2.06 bits per heavy atom. The molecule has 8 nitrogen and oxygen atoms in total. The van der Waals surface area contributed by atoms with Crippen molar-refractivity contribution in [3.8, 4) is 0 Å². The third kappa shape index (κ3) is 7.30. The Morgan fingerprint density at radius 1 is 1.06 bits per heavy atom. The van der Waals surface area contributed by atoms with Crippen molar-refractivity contribution in [2.24, 2.45) is 0 Å². The Balaban J connectivity index is 5.41. The van der Waals surface area contributed by atoms with Gasteiger partial charge in [0.1, 0.15) is 0 Å². The first-order valence-corrected chi connectivity index (χ1v) is 10.4. The van der Waals surface area contributed by atoms with Crippen LogP contribution in [0, 0.1) is 0 Å². The van der Waals surface area contributed by atoms with Crippen molar-refractivity contribution >= 4 is 22.0 Å². The Kier molecular flexibility index (Phi) is 10.6. The molecule has 1 amide bonds. The second-order valence-corrected chi connectivity index (χ2v) is 7.81. The summed E-state index contributed by atoms with van der Waals surface area (Å²) in [6.45, 7) is 3.12. The van der Waals surface area contributed by atoms with Crippen LogP contribution < -0.4 is 5.32 Å². The number of carbonyl (C=O) groups excluding carboxylic acids is 2. The maximum atomic E-state index is 13.6. The van der Waals surface area contributed by atoms with Gasteiger partial charge in [0.25, 0.3) is 0 Å². The monoisotopic (exact) mass is 505 g/mol. The topological polar surface area (TPSA) is 119 Å². The molecule has 32 heavy (non-hydrogen) atoms. The molecule has 0 saturated carbocycles. The molecule has 16 heteroatoms. The lowest BCUT2D eigenvalue weighted by molar-refractivity contribution is -0.347. The molecule has 0 fully saturated rings. The number of ether oxygens (including phenoxy) is 2. The lowest BCUT2D eigenvalue weighted by Gasteiger charge is -2.33. The maximum Gasteiger partial charge on any atom is 0.466 e. The summed E-state index contributed by atoms with van der Waals surface area (Å²) < 4.78 is 131. The van der Waals surface area contributed by atoms with Crippen LogP contribution in [0.15, 0.2) is 12.7 Å². The highest BCUT2D eigenvalue weighted by Crippen LogP contribution is 2.42. The minimum Gasteiger partial charge on any atom is -0.412 e. The van der Waals surface area contributed by atoms with Crippen molar-refractivity contribution in [1.29, 1.82) is 0 Å². The van der Waals surface area contributed by atoms with E-state index in [1.54, 1.807) is 6.92 Å². The SMILES string of the molecule is C=CC(=O)OC(OCCCCC(F)(F)C(F)(F)S(=O)(=O)O)(C(=O)NCCCC)C(F)(F)F. The van der Waals surface area contributed by atoms with Gasteiger partial charge in [-0.1, -0.05) is 19.9 Å². The highest BCUT2D eigenvalue weighted by molar-refractivity contribution is 7.87. The highest BCUT2D eigenvalue weighted by atomic mass is 32.2. The summed E-state index contributed by atoms with van der Waals surface area (Å²) in [6, 6.07) is 0. The molecule has 0 spiro atoms. The van der Waals surface area contributed by atoms with Crippen LogP contribution in [0.25, 0.3) is 0 Å². The fourth-order valence-electron chi connectivity index (χ4n) is 2.09. The second-order valence-electron chi connectivity index (χ2n) is 6.35. The number of nitrogens with one attached hydrogen (secondary N) is 1. The van der Waals surface area contributed by atoms with Crippen LogP contribution in [0.4, 0.5) is 30.7 Å². The molecule has 0 bridgehead atoms. The van der Waals surface area contributed by atoms with Gasteiger partial charge >= 0.3 is 45.1 Å². The van der Waals surface area contributed by atoms with Crippen LogP contribution in [-0.2, 0) is 29.2 Å². The number of rotatable bonds is 14. The van der Waals surface area contributed by atoms with Crippen LogP contribution in [-0.4, -0.2) is 61.1 Å². The van der Waals surface area contributed by atoms with Gasteiger partial charge < -0.3 is 14.8 Å². The van der Waals surface area contributed by atoms with E-state index in [1.165, 1.54) is 0 Å². The number of alkyl halides is 7. The largest absolute Gasteiger partial charge is 0.466 e. The fourth-order valence-corrected chi connectivity index (χ4v) is 2.57. The van der Waals surface area contributed by atoms with E-state index in [4.69, 9.17) is 4.55 Å². The van der Waals surface area contributed by atoms with Gasteiger partial charge in [0.15, 0.2) is 0 Å². The van der Waals surface area contributed by atoms with E-state index in [1.807, 2.05) is 5.32 Å². The molecule has 188 valence electrons. The first kappa shape index (κ1) is 30.1. The first-order valence-electron chi connectivity index (χ1n) is 8.96. The van der Waals surface area contributed by atoms with Gasteiger partial charge in [-0.15, -0.1) is 0 Å². The minimum atomic E-state index is -6.47. The van der Waals surface area contributed by atoms with Crippen LogP contribution in [0.2, 0.25) is 0 Å². The average molecular weight is 505 g/mol. The van der Waals surface area contributed by atoms with E-state index in [-0.39, 0.29) is 13.0 Å². The zero-order valence-electron chi connectivity index (χ0n) is 16.7. The van der Waals surface area contributed by atoms with E-state index in [9.17, 15) is 48.7 Å². The summed E-state index contributed by atoms with van der Waals surface area (Å²) in [4.78, 5) is 23.5. The fraction of sp³-hybridized carbons (Fsp3) is 0.750.